The van der Waals surface area contributed by atoms with Gasteiger partial charge in [0, 0.05) is 5.92 Å². The van der Waals surface area contributed by atoms with Crippen molar-refractivity contribution in [1.29, 1.82) is 0 Å². The van der Waals surface area contributed by atoms with E-state index in [1.54, 1.807) is 0 Å². The van der Waals surface area contributed by atoms with Crippen molar-refractivity contribution in [1.82, 2.24) is 0 Å². The van der Waals surface area contributed by atoms with Crippen LogP contribution in [0.15, 0.2) is 0 Å². The molecule has 1 N–H and O–H groups in total. The van der Waals surface area contributed by atoms with E-state index in [-0.39, 0.29) is 12.3 Å². The highest BCUT2D eigenvalue weighted by Gasteiger charge is 2.59. The van der Waals surface area contributed by atoms with Crippen LogP contribution < -0.4 is 0 Å². The molecule has 4 aliphatic rings. The van der Waals surface area contributed by atoms with Gasteiger partial charge in [0.15, 0.2) is 0 Å². The Labute approximate surface area is 104 Å². The van der Waals surface area contributed by atoms with Crippen LogP contribution in [0.3, 0.4) is 0 Å². The molecule has 100 valence electrons. The monoisotopic (exact) mass is 255 g/mol. The van der Waals surface area contributed by atoms with Crippen molar-refractivity contribution in [3.63, 3.8) is 0 Å². The first kappa shape index (κ1) is 11.7. The average molecular weight is 255 g/mol. The first-order chi connectivity index (χ1) is 8.48. The van der Waals surface area contributed by atoms with Crippen molar-refractivity contribution in [2.75, 3.05) is 0 Å². The fourth-order valence-electron chi connectivity index (χ4n) is 4.90. The van der Waals surface area contributed by atoms with Crippen molar-refractivity contribution in [2.24, 2.45) is 23.7 Å². The maximum Gasteiger partial charge on any atom is 0.303 e. The number of carboxylic acids is 1. The SMILES string of the molecule is O=C(O)CC1C2C[C@@H]3C[C@H](C2)CC1(O[N+](=O)[O-])C3. The van der Waals surface area contributed by atoms with E-state index in [0.29, 0.717) is 30.6 Å². The molecule has 0 aliphatic heterocycles. The Hall–Kier alpha value is -1.33. The van der Waals surface area contributed by atoms with Crippen molar-refractivity contribution in [3.8, 4) is 0 Å². The van der Waals surface area contributed by atoms with Crippen molar-refractivity contribution >= 4 is 5.97 Å². The summed E-state index contributed by atoms with van der Waals surface area (Å²) in [5.41, 5.74) is -0.809. The third-order valence-electron chi connectivity index (χ3n) is 5.10. The zero-order chi connectivity index (χ0) is 12.9. The molecule has 18 heavy (non-hydrogen) atoms. The third-order valence-corrected chi connectivity index (χ3v) is 5.10. The Bertz CT molecular complexity index is 382. The Kier molecular flexibility index (Phi) is 2.50. The van der Waals surface area contributed by atoms with Crippen LogP contribution in [-0.2, 0) is 9.63 Å². The minimum atomic E-state index is -0.876. The lowest BCUT2D eigenvalue weighted by Gasteiger charge is -2.59. The van der Waals surface area contributed by atoms with Gasteiger partial charge in [-0.3, -0.25) is 4.79 Å². The second kappa shape index (κ2) is 3.83. The van der Waals surface area contributed by atoms with E-state index in [9.17, 15) is 14.9 Å². The van der Waals surface area contributed by atoms with Crippen molar-refractivity contribution in [3.05, 3.63) is 10.1 Å². The van der Waals surface area contributed by atoms with Gasteiger partial charge in [-0.1, -0.05) is 0 Å². The number of carbonyl (C=O) groups is 1. The lowest BCUT2D eigenvalue weighted by atomic mass is 9.49. The maximum atomic E-state index is 11.0. The van der Waals surface area contributed by atoms with Crippen LogP contribution in [0.5, 0.6) is 0 Å². The molecule has 0 amide bonds. The van der Waals surface area contributed by atoms with E-state index < -0.39 is 16.7 Å². The highest BCUT2D eigenvalue weighted by molar-refractivity contribution is 5.67. The zero-order valence-corrected chi connectivity index (χ0v) is 10.1. The third kappa shape index (κ3) is 1.74. The standard InChI is InChI=1S/C12H17NO5/c14-11(15)4-10-9-2-7-1-8(3-9)6-12(10,5-7)18-13(16)17/h7-10H,1-6H2,(H,14,15)/t7-,8+,9?,10?,12?. The molecule has 3 unspecified atom stereocenters. The van der Waals surface area contributed by atoms with Gasteiger partial charge in [-0.15, -0.1) is 10.1 Å². The predicted octanol–water partition coefficient (Wildman–Crippen LogP) is 1.86. The average Bonchev–Trinajstić information content (AvgIpc) is 2.20. The van der Waals surface area contributed by atoms with Gasteiger partial charge in [0.05, 0.1) is 6.42 Å². The van der Waals surface area contributed by atoms with Gasteiger partial charge in [0.1, 0.15) is 5.60 Å². The number of nitrogens with zero attached hydrogens (tertiary/aromatic N) is 1. The Morgan fingerprint density at radius 1 is 1.33 bits per heavy atom. The number of rotatable bonds is 4. The van der Waals surface area contributed by atoms with E-state index in [2.05, 4.69) is 0 Å². The summed E-state index contributed by atoms with van der Waals surface area (Å²) in [6.45, 7) is 0. The molecule has 0 radical (unpaired) electrons. The maximum absolute atomic E-state index is 11.0. The number of hydrogen-bond acceptors (Lipinski definition) is 4. The van der Waals surface area contributed by atoms with Crippen LogP contribution in [0, 0.1) is 33.8 Å². The van der Waals surface area contributed by atoms with Crippen molar-refractivity contribution in [2.45, 2.75) is 44.1 Å². The highest BCUT2D eigenvalue weighted by Crippen LogP contribution is 2.60. The summed E-state index contributed by atoms with van der Waals surface area (Å²) in [7, 11) is 0. The van der Waals surface area contributed by atoms with E-state index in [1.165, 1.54) is 0 Å². The Balaban J connectivity index is 1.90. The van der Waals surface area contributed by atoms with Gasteiger partial charge in [-0.05, 0) is 49.9 Å². The molecule has 0 aromatic carbocycles. The van der Waals surface area contributed by atoms with Crippen LogP contribution in [0.1, 0.15) is 38.5 Å². The lowest BCUT2D eigenvalue weighted by Crippen LogP contribution is -2.59. The first-order valence-electron chi connectivity index (χ1n) is 6.54. The molecule has 0 saturated heterocycles. The van der Waals surface area contributed by atoms with E-state index in [0.717, 1.165) is 19.3 Å². The molecule has 4 rings (SSSR count). The molecule has 4 fully saturated rings. The fourth-order valence-corrected chi connectivity index (χ4v) is 4.90. The van der Waals surface area contributed by atoms with Gasteiger partial charge in [-0.25, -0.2) is 0 Å². The molecule has 5 atom stereocenters. The van der Waals surface area contributed by atoms with Gasteiger partial charge in [0.2, 0.25) is 0 Å². The van der Waals surface area contributed by atoms with Gasteiger partial charge >= 0.3 is 5.97 Å². The van der Waals surface area contributed by atoms with Crippen LogP contribution in [0.2, 0.25) is 0 Å². The molecule has 0 aromatic rings. The number of aliphatic carboxylic acids is 1. The first-order valence-corrected chi connectivity index (χ1v) is 6.54. The van der Waals surface area contributed by atoms with Crippen LogP contribution in [0.4, 0.5) is 0 Å². The molecule has 0 spiro atoms. The Morgan fingerprint density at radius 2 is 1.94 bits per heavy atom. The quantitative estimate of drug-likeness (QED) is 0.611. The molecular formula is C12H17NO5. The minimum absolute atomic E-state index is 0.00204. The van der Waals surface area contributed by atoms with Gasteiger partial charge in [0.25, 0.3) is 5.09 Å². The number of hydrogen-bond donors (Lipinski definition) is 1. The highest BCUT2D eigenvalue weighted by atomic mass is 17.0. The Morgan fingerprint density at radius 3 is 2.44 bits per heavy atom. The van der Waals surface area contributed by atoms with Gasteiger partial charge < -0.3 is 9.94 Å². The van der Waals surface area contributed by atoms with Crippen LogP contribution in [-0.4, -0.2) is 21.8 Å². The predicted molar refractivity (Wildman–Crippen MR) is 60.1 cm³/mol. The summed E-state index contributed by atoms with van der Waals surface area (Å²) in [5, 5.41) is 19.1. The molecule has 6 heteroatoms. The molecule has 0 heterocycles. The number of carboxylic acid groups (broad SMARTS) is 1. The largest absolute Gasteiger partial charge is 0.481 e. The summed E-state index contributed by atoms with van der Waals surface area (Å²) in [4.78, 5) is 26.8. The smallest absolute Gasteiger partial charge is 0.303 e. The summed E-state index contributed by atoms with van der Waals surface area (Å²) in [6, 6.07) is 0. The second-order valence-electron chi connectivity index (χ2n) is 6.19. The van der Waals surface area contributed by atoms with E-state index >= 15 is 0 Å². The summed E-state index contributed by atoms with van der Waals surface area (Å²) in [5.74, 6) is 0.222. The topological polar surface area (TPSA) is 89.7 Å². The van der Waals surface area contributed by atoms with Crippen LogP contribution >= 0.6 is 0 Å². The molecule has 4 saturated carbocycles. The molecule has 4 aliphatic carbocycles. The molecular weight excluding hydrogens is 238 g/mol. The van der Waals surface area contributed by atoms with Crippen LogP contribution in [0.25, 0.3) is 0 Å². The normalized spacial score (nSPS) is 44.9. The lowest BCUT2D eigenvalue weighted by molar-refractivity contribution is -0.788. The van der Waals surface area contributed by atoms with Crippen molar-refractivity contribution < 1.29 is 19.8 Å². The molecule has 0 aromatic heterocycles. The summed E-state index contributed by atoms with van der Waals surface area (Å²) < 4.78 is 0. The summed E-state index contributed by atoms with van der Waals surface area (Å²) in [6.07, 6.45) is 4.52. The van der Waals surface area contributed by atoms with E-state index in [4.69, 9.17) is 9.94 Å². The molecule has 6 nitrogen and oxygen atoms in total. The fraction of sp³-hybridized carbons (Fsp3) is 0.917. The summed E-state index contributed by atoms with van der Waals surface area (Å²) >= 11 is 0. The van der Waals surface area contributed by atoms with E-state index in [1.807, 2.05) is 0 Å². The minimum Gasteiger partial charge on any atom is -0.481 e. The van der Waals surface area contributed by atoms with Gasteiger partial charge in [-0.2, -0.15) is 0 Å². The molecule has 4 bridgehead atoms. The zero-order valence-electron chi connectivity index (χ0n) is 10.1. The second-order valence-corrected chi connectivity index (χ2v) is 6.19.